The summed E-state index contributed by atoms with van der Waals surface area (Å²) >= 11 is 0. The van der Waals surface area contributed by atoms with Crippen LogP contribution in [0.25, 0.3) is 82.7 Å². The van der Waals surface area contributed by atoms with Gasteiger partial charge in [-0.05, 0) is 96.0 Å². The van der Waals surface area contributed by atoms with E-state index in [2.05, 4.69) is 176 Å². The van der Waals surface area contributed by atoms with Crippen molar-refractivity contribution in [2.75, 3.05) is 0 Å². The van der Waals surface area contributed by atoms with Gasteiger partial charge in [0.25, 0.3) is 0 Å². The second kappa shape index (κ2) is 10.0. The summed E-state index contributed by atoms with van der Waals surface area (Å²) in [6.07, 6.45) is 0. The van der Waals surface area contributed by atoms with Crippen LogP contribution in [0.1, 0.15) is 25.0 Å². The highest BCUT2D eigenvalue weighted by molar-refractivity contribution is 6.20. The fourth-order valence-electron chi connectivity index (χ4n) is 8.55. The van der Waals surface area contributed by atoms with Gasteiger partial charge in [-0.25, -0.2) is 4.98 Å². The van der Waals surface area contributed by atoms with Gasteiger partial charge in [0.1, 0.15) is 5.82 Å². The first-order valence-electron chi connectivity index (χ1n) is 16.7. The molecule has 0 spiro atoms. The lowest BCUT2D eigenvalue weighted by atomic mass is 9.77. The fourth-order valence-corrected chi connectivity index (χ4v) is 8.55. The Labute approximate surface area is 279 Å². The molecule has 9 aromatic rings. The van der Waals surface area contributed by atoms with E-state index >= 15 is 0 Å². The van der Waals surface area contributed by atoms with E-state index in [1.165, 1.54) is 65.7 Å². The van der Waals surface area contributed by atoms with Gasteiger partial charge in [0, 0.05) is 16.7 Å². The van der Waals surface area contributed by atoms with Crippen molar-refractivity contribution in [3.05, 3.63) is 169 Å². The molecule has 1 heterocycles. The number of benzene rings is 8. The third-order valence-electron chi connectivity index (χ3n) is 10.5. The first-order chi connectivity index (χ1) is 23.6. The Hall–Kier alpha value is -5.99. The Kier molecular flexibility index (Phi) is 5.66. The number of nitrogens with zero attached hydrogens (tertiary/aromatic N) is 2. The highest BCUT2D eigenvalue weighted by Crippen LogP contribution is 2.57. The summed E-state index contributed by atoms with van der Waals surface area (Å²) in [5.74, 6) is 0.946. The molecular formula is C46H32N2. The molecule has 0 radical (unpaired) electrons. The predicted octanol–water partition coefficient (Wildman–Crippen LogP) is 12.1. The van der Waals surface area contributed by atoms with Crippen molar-refractivity contribution < 1.29 is 0 Å². The minimum absolute atomic E-state index is 0.171. The van der Waals surface area contributed by atoms with E-state index in [1.54, 1.807) is 0 Å². The van der Waals surface area contributed by atoms with Crippen LogP contribution in [0, 0.1) is 0 Å². The first kappa shape index (κ1) is 27.2. The van der Waals surface area contributed by atoms with Crippen molar-refractivity contribution in [1.29, 1.82) is 0 Å². The lowest BCUT2D eigenvalue weighted by molar-refractivity contribution is 0.672. The van der Waals surface area contributed by atoms with Crippen LogP contribution in [0.2, 0.25) is 0 Å². The van der Waals surface area contributed by atoms with E-state index in [-0.39, 0.29) is 5.41 Å². The van der Waals surface area contributed by atoms with E-state index in [4.69, 9.17) is 4.98 Å². The molecule has 8 aromatic carbocycles. The molecule has 0 fully saturated rings. The zero-order valence-electron chi connectivity index (χ0n) is 26.9. The molecule has 0 saturated heterocycles. The number of imidazole rings is 1. The van der Waals surface area contributed by atoms with Crippen LogP contribution in [0.4, 0.5) is 0 Å². The number of aromatic nitrogens is 2. The maximum Gasteiger partial charge on any atom is 0.145 e. The molecule has 0 atom stereocenters. The molecule has 0 amide bonds. The Morgan fingerprint density at radius 3 is 1.73 bits per heavy atom. The van der Waals surface area contributed by atoms with Gasteiger partial charge in [-0.1, -0.05) is 141 Å². The minimum Gasteiger partial charge on any atom is -0.292 e. The summed E-state index contributed by atoms with van der Waals surface area (Å²) in [6.45, 7) is 4.83. The van der Waals surface area contributed by atoms with Gasteiger partial charge in [0.05, 0.1) is 11.0 Å². The molecular weight excluding hydrogens is 581 g/mol. The maximum atomic E-state index is 5.30. The summed E-state index contributed by atoms with van der Waals surface area (Å²) in [7, 11) is 0. The van der Waals surface area contributed by atoms with Crippen molar-refractivity contribution >= 4 is 43.4 Å². The molecule has 0 unspecified atom stereocenters. The summed E-state index contributed by atoms with van der Waals surface area (Å²) in [5, 5.41) is 7.90. The molecule has 10 rings (SSSR count). The third kappa shape index (κ3) is 3.72. The zero-order chi connectivity index (χ0) is 32.0. The molecule has 2 heteroatoms. The molecule has 48 heavy (non-hydrogen) atoms. The van der Waals surface area contributed by atoms with Gasteiger partial charge in [0.2, 0.25) is 0 Å². The van der Waals surface area contributed by atoms with Gasteiger partial charge < -0.3 is 0 Å². The van der Waals surface area contributed by atoms with Crippen LogP contribution in [0.15, 0.2) is 158 Å². The predicted molar refractivity (Wildman–Crippen MR) is 202 cm³/mol. The van der Waals surface area contributed by atoms with Crippen molar-refractivity contribution in [1.82, 2.24) is 9.55 Å². The molecule has 0 aliphatic heterocycles. The normalized spacial score (nSPS) is 13.4. The Bertz CT molecular complexity index is 2730. The average molecular weight is 613 g/mol. The molecule has 1 aliphatic carbocycles. The number of hydrogen-bond donors (Lipinski definition) is 0. The number of fused-ring (bicyclic) bond motifs is 11. The second-order valence-corrected chi connectivity index (χ2v) is 13.5. The van der Waals surface area contributed by atoms with Crippen LogP contribution >= 0.6 is 0 Å². The molecule has 226 valence electrons. The van der Waals surface area contributed by atoms with E-state index in [0.717, 1.165) is 28.1 Å². The number of hydrogen-bond acceptors (Lipinski definition) is 1. The zero-order valence-corrected chi connectivity index (χ0v) is 26.9. The number of rotatable bonds is 3. The minimum atomic E-state index is -0.171. The molecule has 1 aromatic heterocycles. The van der Waals surface area contributed by atoms with E-state index < -0.39 is 0 Å². The average Bonchev–Trinajstić information content (AvgIpc) is 3.64. The summed E-state index contributed by atoms with van der Waals surface area (Å²) in [6, 6.07) is 57.3. The van der Waals surface area contributed by atoms with Crippen LogP contribution < -0.4 is 0 Å². The first-order valence-corrected chi connectivity index (χ1v) is 16.7. The van der Waals surface area contributed by atoms with Crippen LogP contribution in [0.5, 0.6) is 0 Å². The van der Waals surface area contributed by atoms with Gasteiger partial charge in [-0.3, -0.25) is 4.57 Å². The summed E-state index contributed by atoms with van der Waals surface area (Å²) in [4.78, 5) is 5.30. The largest absolute Gasteiger partial charge is 0.292 e. The van der Waals surface area contributed by atoms with Gasteiger partial charge in [0.15, 0.2) is 0 Å². The lowest BCUT2D eigenvalue weighted by Crippen LogP contribution is -2.16. The maximum absolute atomic E-state index is 5.30. The van der Waals surface area contributed by atoms with E-state index in [0.29, 0.717) is 0 Å². The van der Waals surface area contributed by atoms with Crippen molar-refractivity contribution in [2.45, 2.75) is 19.3 Å². The van der Waals surface area contributed by atoms with Crippen molar-refractivity contribution in [3.63, 3.8) is 0 Å². The van der Waals surface area contributed by atoms with Crippen molar-refractivity contribution in [3.8, 4) is 39.3 Å². The lowest BCUT2D eigenvalue weighted by Gasteiger charge is -2.25. The molecule has 1 aliphatic rings. The Morgan fingerprint density at radius 2 is 1.02 bits per heavy atom. The quantitative estimate of drug-likeness (QED) is 0.182. The highest BCUT2D eigenvalue weighted by Gasteiger charge is 2.40. The number of para-hydroxylation sites is 1. The standard InChI is InChI=1S/C46H32N2/c1-46(2)43-36-23-13-11-21-34(36)38(28-39(43)42-35-22-12-9-19-32(35)33-20-10-14-24-37(33)44(42)46)30-25-26-41-40(27-30)47-45(29-15-5-3-6-16-29)48(41)31-17-7-4-8-18-31/h3-28H,1-2H3. The fraction of sp³-hybridized carbons (Fsp3) is 0.0652. The van der Waals surface area contributed by atoms with Gasteiger partial charge in [-0.15, -0.1) is 0 Å². The third-order valence-corrected chi connectivity index (χ3v) is 10.5. The Morgan fingerprint density at radius 1 is 0.458 bits per heavy atom. The molecule has 2 nitrogen and oxygen atoms in total. The second-order valence-electron chi connectivity index (χ2n) is 13.5. The monoisotopic (exact) mass is 612 g/mol. The van der Waals surface area contributed by atoms with Crippen molar-refractivity contribution in [2.24, 2.45) is 0 Å². The van der Waals surface area contributed by atoms with E-state index in [9.17, 15) is 0 Å². The molecule has 0 bridgehead atoms. The Balaban J connectivity index is 1.28. The molecule has 0 saturated carbocycles. The van der Waals surface area contributed by atoms with E-state index in [1.807, 2.05) is 0 Å². The van der Waals surface area contributed by atoms with Gasteiger partial charge >= 0.3 is 0 Å². The van der Waals surface area contributed by atoms with Crippen LogP contribution in [0.3, 0.4) is 0 Å². The highest BCUT2D eigenvalue weighted by atomic mass is 15.1. The van der Waals surface area contributed by atoms with Crippen LogP contribution in [-0.2, 0) is 5.41 Å². The van der Waals surface area contributed by atoms with Crippen LogP contribution in [-0.4, -0.2) is 9.55 Å². The SMILES string of the molecule is CC1(C)c2c(cc(-c3ccc4c(c3)nc(-c3ccccc3)n4-c3ccccc3)c3ccccc23)-c2c1c1ccccc1c1ccccc21. The van der Waals surface area contributed by atoms with Gasteiger partial charge in [-0.2, -0.15) is 0 Å². The molecule has 0 N–H and O–H groups in total. The smallest absolute Gasteiger partial charge is 0.145 e. The topological polar surface area (TPSA) is 17.8 Å². The summed E-state index contributed by atoms with van der Waals surface area (Å²) < 4.78 is 2.28. The summed E-state index contributed by atoms with van der Waals surface area (Å²) in [5.41, 5.74) is 12.1.